The molecule has 1 N–H and O–H groups in total. The molecule has 0 atom stereocenters. The number of nitrogens with zero attached hydrogens (tertiary/aromatic N) is 1. The number of carbonyl (C=O) groups excluding carboxylic acids is 1. The molecular formula is C10H16N2O2. The Kier molecular flexibility index (Phi) is 2.70. The van der Waals surface area contributed by atoms with E-state index in [0.29, 0.717) is 6.42 Å². The van der Waals surface area contributed by atoms with Crippen LogP contribution in [0.4, 0.5) is 4.79 Å². The summed E-state index contributed by atoms with van der Waals surface area (Å²) < 4.78 is 5.10. The first-order chi connectivity index (χ1) is 6.37. The van der Waals surface area contributed by atoms with Crippen molar-refractivity contribution in [2.45, 2.75) is 51.2 Å². The van der Waals surface area contributed by atoms with Crippen molar-refractivity contribution >= 4 is 6.09 Å². The predicted molar refractivity (Wildman–Crippen MR) is 51.6 cm³/mol. The van der Waals surface area contributed by atoms with Crippen molar-refractivity contribution in [3.63, 3.8) is 0 Å². The third kappa shape index (κ3) is 3.25. The lowest BCUT2D eigenvalue weighted by Gasteiger charge is -2.22. The third-order valence-corrected chi connectivity index (χ3v) is 2.04. The topological polar surface area (TPSA) is 62.1 Å². The van der Waals surface area contributed by atoms with Crippen LogP contribution in [0.3, 0.4) is 0 Å². The Morgan fingerprint density at radius 3 is 2.50 bits per heavy atom. The van der Waals surface area contributed by atoms with Crippen LogP contribution < -0.4 is 5.32 Å². The largest absolute Gasteiger partial charge is 0.444 e. The zero-order valence-corrected chi connectivity index (χ0v) is 8.89. The minimum Gasteiger partial charge on any atom is -0.444 e. The van der Waals surface area contributed by atoms with E-state index in [1.165, 1.54) is 0 Å². The molecule has 0 unspecified atom stereocenters. The molecule has 0 spiro atoms. The Morgan fingerprint density at radius 1 is 1.57 bits per heavy atom. The second-order valence-electron chi connectivity index (χ2n) is 4.74. The Hall–Kier alpha value is -1.24. The minimum atomic E-state index is -0.479. The van der Waals surface area contributed by atoms with Gasteiger partial charge in [0, 0.05) is 0 Å². The fraction of sp³-hybridized carbons (Fsp3) is 0.800. The summed E-state index contributed by atoms with van der Waals surface area (Å²) in [5, 5.41) is 11.3. The van der Waals surface area contributed by atoms with Gasteiger partial charge in [0.05, 0.1) is 18.0 Å². The molecule has 78 valence electrons. The van der Waals surface area contributed by atoms with E-state index in [1.54, 1.807) is 0 Å². The van der Waals surface area contributed by atoms with Crippen LogP contribution >= 0.6 is 0 Å². The molecule has 0 radical (unpaired) electrons. The van der Waals surface area contributed by atoms with Gasteiger partial charge in [-0.2, -0.15) is 5.26 Å². The van der Waals surface area contributed by atoms with Crippen molar-refractivity contribution in [1.29, 1.82) is 5.26 Å². The predicted octanol–water partition coefficient (Wildman–Crippen LogP) is 1.96. The van der Waals surface area contributed by atoms with Gasteiger partial charge < -0.3 is 10.1 Å². The van der Waals surface area contributed by atoms with Crippen LogP contribution in [0.15, 0.2) is 0 Å². The summed E-state index contributed by atoms with van der Waals surface area (Å²) in [6.45, 7) is 5.45. The smallest absolute Gasteiger partial charge is 0.408 e. The quantitative estimate of drug-likeness (QED) is 0.734. The lowest BCUT2D eigenvalue weighted by atomic mass is 10.2. The fourth-order valence-corrected chi connectivity index (χ4v) is 1.17. The molecule has 4 nitrogen and oxygen atoms in total. The van der Waals surface area contributed by atoms with Crippen molar-refractivity contribution in [3.8, 4) is 6.07 Å². The monoisotopic (exact) mass is 196 g/mol. The first-order valence-electron chi connectivity index (χ1n) is 4.75. The molecule has 14 heavy (non-hydrogen) atoms. The summed E-state index contributed by atoms with van der Waals surface area (Å²) >= 11 is 0. The van der Waals surface area contributed by atoms with Gasteiger partial charge in [-0.1, -0.05) is 0 Å². The molecule has 1 fully saturated rings. The molecule has 0 aromatic rings. The number of hydrogen-bond acceptors (Lipinski definition) is 3. The highest BCUT2D eigenvalue weighted by atomic mass is 16.6. The maximum Gasteiger partial charge on any atom is 0.408 e. The summed E-state index contributed by atoms with van der Waals surface area (Å²) in [6.07, 6.45) is 1.69. The van der Waals surface area contributed by atoms with Crippen LogP contribution in [0, 0.1) is 11.3 Å². The first-order valence-corrected chi connectivity index (χ1v) is 4.75. The lowest BCUT2D eigenvalue weighted by molar-refractivity contribution is 0.0498. The summed E-state index contributed by atoms with van der Waals surface area (Å²) in [7, 11) is 0. The number of carbonyl (C=O) groups is 1. The number of nitriles is 1. The number of alkyl carbamates (subject to hydrolysis) is 1. The summed E-state index contributed by atoms with van der Waals surface area (Å²) in [5.74, 6) is 0. The lowest BCUT2D eigenvalue weighted by Crippen LogP contribution is -2.40. The van der Waals surface area contributed by atoms with E-state index < -0.39 is 11.7 Å². The Labute approximate surface area is 84.2 Å². The number of amides is 1. The van der Waals surface area contributed by atoms with Crippen molar-refractivity contribution in [2.75, 3.05) is 0 Å². The second kappa shape index (κ2) is 3.49. The average molecular weight is 196 g/mol. The fourth-order valence-electron chi connectivity index (χ4n) is 1.17. The molecule has 1 saturated carbocycles. The van der Waals surface area contributed by atoms with Crippen molar-refractivity contribution in [3.05, 3.63) is 0 Å². The van der Waals surface area contributed by atoms with Gasteiger partial charge in [-0.15, -0.1) is 0 Å². The minimum absolute atomic E-state index is 0.295. The number of nitrogens with one attached hydrogen (secondary N) is 1. The highest BCUT2D eigenvalue weighted by molar-refractivity contribution is 5.69. The van der Waals surface area contributed by atoms with Crippen LogP contribution in [-0.4, -0.2) is 17.2 Å². The molecule has 1 aliphatic carbocycles. The third-order valence-electron chi connectivity index (χ3n) is 2.04. The highest BCUT2D eigenvalue weighted by Gasteiger charge is 2.44. The van der Waals surface area contributed by atoms with Crippen LogP contribution in [0.5, 0.6) is 0 Å². The normalized spacial score (nSPS) is 18.1. The number of rotatable bonds is 2. The van der Waals surface area contributed by atoms with Gasteiger partial charge in [0.2, 0.25) is 0 Å². The molecule has 1 amide bonds. The van der Waals surface area contributed by atoms with Crippen LogP contribution in [0.1, 0.15) is 40.0 Å². The molecular weight excluding hydrogens is 180 g/mol. The molecule has 0 saturated heterocycles. The van der Waals surface area contributed by atoms with E-state index in [2.05, 4.69) is 11.4 Å². The van der Waals surface area contributed by atoms with E-state index in [4.69, 9.17) is 10.00 Å². The second-order valence-corrected chi connectivity index (χ2v) is 4.74. The van der Waals surface area contributed by atoms with Gasteiger partial charge >= 0.3 is 6.09 Å². The molecule has 0 aromatic carbocycles. The molecule has 0 bridgehead atoms. The van der Waals surface area contributed by atoms with E-state index in [9.17, 15) is 4.79 Å². The van der Waals surface area contributed by atoms with Crippen molar-refractivity contribution in [1.82, 2.24) is 5.32 Å². The molecule has 0 aliphatic heterocycles. The van der Waals surface area contributed by atoms with E-state index >= 15 is 0 Å². The summed E-state index contributed by atoms with van der Waals surface area (Å²) in [6, 6.07) is 2.07. The van der Waals surface area contributed by atoms with Crippen LogP contribution in [-0.2, 0) is 4.74 Å². The van der Waals surface area contributed by atoms with Gasteiger partial charge in [0.1, 0.15) is 5.60 Å². The summed E-state index contributed by atoms with van der Waals surface area (Å²) in [4.78, 5) is 11.3. The van der Waals surface area contributed by atoms with Gasteiger partial charge in [0.25, 0.3) is 0 Å². The molecule has 4 heteroatoms. The standard InChI is InChI=1S/C10H16N2O2/c1-9(2,3)14-8(13)12-10(4-5-10)6-7-11/h4-6H2,1-3H3,(H,12,13). The summed E-state index contributed by atoms with van der Waals surface area (Å²) in [5.41, 5.74) is -0.774. The van der Waals surface area contributed by atoms with Crippen molar-refractivity contribution < 1.29 is 9.53 Å². The van der Waals surface area contributed by atoms with Crippen LogP contribution in [0.2, 0.25) is 0 Å². The first kappa shape index (κ1) is 10.8. The maximum absolute atomic E-state index is 11.3. The Morgan fingerprint density at radius 2 is 2.14 bits per heavy atom. The molecule has 1 rings (SSSR count). The number of ether oxygens (including phenoxy) is 1. The molecule has 1 aliphatic rings. The molecule has 0 aromatic heterocycles. The maximum atomic E-state index is 11.3. The Balaban J connectivity index is 2.39. The SMILES string of the molecule is CC(C)(C)OC(=O)NC1(CC#N)CC1. The van der Waals surface area contributed by atoms with Gasteiger partial charge in [-0.05, 0) is 33.6 Å². The van der Waals surface area contributed by atoms with Crippen LogP contribution in [0.25, 0.3) is 0 Å². The zero-order valence-electron chi connectivity index (χ0n) is 8.89. The van der Waals surface area contributed by atoms with Gasteiger partial charge in [-0.3, -0.25) is 0 Å². The van der Waals surface area contributed by atoms with E-state index in [-0.39, 0.29) is 5.54 Å². The van der Waals surface area contributed by atoms with Crippen molar-refractivity contribution in [2.24, 2.45) is 0 Å². The Bertz CT molecular complexity index is 269. The molecule has 0 heterocycles. The zero-order chi connectivity index (χ0) is 10.8. The van der Waals surface area contributed by atoms with E-state index in [0.717, 1.165) is 12.8 Å². The van der Waals surface area contributed by atoms with E-state index in [1.807, 2.05) is 20.8 Å². The average Bonchev–Trinajstić information content (AvgIpc) is 2.64. The van der Waals surface area contributed by atoms with Gasteiger partial charge in [-0.25, -0.2) is 4.79 Å². The number of hydrogen-bond donors (Lipinski definition) is 1. The van der Waals surface area contributed by atoms with Gasteiger partial charge in [0.15, 0.2) is 0 Å². The highest BCUT2D eigenvalue weighted by Crippen LogP contribution is 2.38.